The van der Waals surface area contributed by atoms with Crippen LogP contribution in [0.3, 0.4) is 0 Å². The molecule has 0 saturated carbocycles. The highest BCUT2D eigenvalue weighted by Crippen LogP contribution is 2.18. The Hall–Kier alpha value is -2.30. The van der Waals surface area contributed by atoms with Crippen molar-refractivity contribution in [1.29, 1.82) is 0 Å². The number of carbonyl (C=O) groups is 1. The minimum Gasteiger partial charge on any atom is -0.385 e. The van der Waals surface area contributed by atoms with Gasteiger partial charge in [0, 0.05) is 37.2 Å². The molecule has 1 heterocycles. The van der Waals surface area contributed by atoms with Gasteiger partial charge in [-0.25, -0.2) is 4.98 Å². The Balaban J connectivity index is 2.06. The summed E-state index contributed by atoms with van der Waals surface area (Å²) in [5.41, 5.74) is 2.87. The van der Waals surface area contributed by atoms with E-state index < -0.39 is 0 Å². The van der Waals surface area contributed by atoms with Crippen LogP contribution in [-0.2, 0) is 6.54 Å². The summed E-state index contributed by atoms with van der Waals surface area (Å²) in [6.07, 6.45) is 4.52. The molecule has 0 aliphatic heterocycles. The van der Waals surface area contributed by atoms with Gasteiger partial charge in [-0.3, -0.25) is 4.79 Å². The molecule has 0 fully saturated rings. The number of nitrogens with one attached hydrogen (secondary N) is 2. The lowest BCUT2D eigenvalue weighted by Gasteiger charge is -2.17. The van der Waals surface area contributed by atoms with Gasteiger partial charge >= 0.3 is 0 Å². The summed E-state index contributed by atoms with van der Waals surface area (Å²) in [6.45, 7) is 5.55. The van der Waals surface area contributed by atoms with Crippen LogP contribution in [0.15, 0.2) is 30.6 Å². The van der Waals surface area contributed by atoms with Crippen LogP contribution in [0.5, 0.6) is 0 Å². The quantitative estimate of drug-likeness (QED) is 0.858. The van der Waals surface area contributed by atoms with Crippen molar-refractivity contribution < 1.29 is 4.79 Å². The largest absolute Gasteiger partial charge is 0.385 e. The molecule has 0 radical (unpaired) electrons. The number of imidazole rings is 1. The van der Waals surface area contributed by atoms with E-state index in [0.29, 0.717) is 12.1 Å². The van der Waals surface area contributed by atoms with Gasteiger partial charge < -0.3 is 15.2 Å². The summed E-state index contributed by atoms with van der Waals surface area (Å²) in [5, 5.41) is 3.35. The zero-order valence-electron chi connectivity index (χ0n) is 12.8. The number of amides is 1. The van der Waals surface area contributed by atoms with Crippen LogP contribution in [0.2, 0.25) is 0 Å². The maximum absolute atomic E-state index is 12.4. The molecule has 112 valence electrons. The van der Waals surface area contributed by atoms with Crippen molar-refractivity contribution >= 4 is 11.6 Å². The number of H-pyrrole nitrogens is 1. The average molecular weight is 286 g/mol. The average Bonchev–Trinajstić information content (AvgIpc) is 2.98. The number of nitrogens with zero attached hydrogens (tertiary/aromatic N) is 2. The minimum absolute atomic E-state index is 0.00320. The Bertz CT molecular complexity index is 592. The van der Waals surface area contributed by atoms with Crippen molar-refractivity contribution in [2.75, 3.05) is 18.9 Å². The Morgan fingerprint density at radius 3 is 2.86 bits per heavy atom. The summed E-state index contributed by atoms with van der Waals surface area (Å²) in [7, 11) is 1.78. The molecular weight excluding hydrogens is 264 g/mol. The molecule has 0 saturated heterocycles. The van der Waals surface area contributed by atoms with Crippen LogP contribution in [0, 0.1) is 6.92 Å². The summed E-state index contributed by atoms with van der Waals surface area (Å²) in [5.74, 6) is 0.778. The summed E-state index contributed by atoms with van der Waals surface area (Å²) >= 11 is 0. The summed E-state index contributed by atoms with van der Waals surface area (Å²) in [4.78, 5) is 21.2. The predicted molar refractivity (Wildman–Crippen MR) is 84.3 cm³/mol. The maximum Gasteiger partial charge on any atom is 0.254 e. The second kappa shape index (κ2) is 6.92. The number of hydrogen-bond acceptors (Lipinski definition) is 3. The Morgan fingerprint density at radius 2 is 2.24 bits per heavy atom. The fourth-order valence-electron chi connectivity index (χ4n) is 2.16. The van der Waals surface area contributed by atoms with E-state index >= 15 is 0 Å². The van der Waals surface area contributed by atoms with E-state index in [9.17, 15) is 4.79 Å². The van der Waals surface area contributed by atoms with E-state index in [1.54, 1.807) is 24.3 Å². The second-order valence-corrected chi connectivity index (χ2v) is 5.15. The SMILES string of the molecule is CCCNc1ccc(C(=O)N(C)Cc2ncc[nH]2)cc1C. The molecule has 2 aromatic rings. The number of carbonyl (C=O) groups excluding carboxylic acids is 1. The number of aromatic amines is 1. The van der Waals surface area contributed by atoms with Gasteiger partial charge in [0.1, 0.15) is 5.82 Å². The molecule has 21 heavy (non-hydrogen) atoms. The van der Waals surface area contributed by atoms with Gasteiger partial charge in [0.2, 0.25) is 0 Å². The number of anilines is 1. The number of aryl methyl sites for hydroxylation is 1. The first kappa shape index (κ1) is 15.1. The van der Waals surface area contributed by atoms with Crippen LogP contribution < -0.4 is 5.32 Å². The highest BCUT2D eigenvalue weighted by molar-refractivity contribution is 5.94. The Kier molecular flexibility index (Phi) is 4.98. The molecule has 0 aliphatic carbocycles. The third-order valence-electron chi connectivity index (χ3n) is 3.33. The molecule has 0 atom stereocenters. The molecule has 0 bridgehead atoms. The Morgan fingerprint density at radius 1 is 1.43 bits per heavy atom. The summed E-state index contributed by atoms with van der Waals surface area (Å²) in [6, 6.07) is 5.77. The van der Waals surface area contributed by atoms with Crippen LogP contribution >= 0.6 is 0 Å². The molecule has 0 aliphatic rings. The molecular formula is C16H22N4O. The highest BCUT2D eigenvalue weighted by Gasteiger charge is 2.14. The fourth-order valence-corrected chi connectivity index (χ4v) is 2.16. The molecule has 5 nitrogen and oxygen atoms in total. The topological polar surface area (TPSA) is 61.0 Å². The number of hydrogen-bond donors (Lipinski definition) is 2. The van der Waals surface area contributed by atoms with Gasteiger partial charge in [-0.2, -0.15) is 0 Å². The highest BCUT2D eigenvalue weighted by atomic mass is 16.2. The third-order valence-corrected chi connectivity index (χ3v) is 3.33. The van der Waals surface area contributed by atoms with Crippen molar-refractivity contribution in [2.45, 2.75) is 26.8 Å². The predicted octanol–water partition coefficient (Wildman–Crippen LogP) is 2.81. The lowest BCUT2D eigenvalue weighted by molar-refractivity contribution is 0.0782. The lowest BCUT2D eigenvalue weighted by Crippen LogP contribution is -2.26. The van der Waals surface area contributed by atoms with Crippen molar-refractivity contribution in [1.82, 2.24) is 14.9 Å². The molecule has 0 spiro atoms. The monoisotopic (exact) mass is 286 g/mol. The molecule has 0 unspecified atom stereocenters. The summed E-state index contributed by atoms with van der Waals surface area (Å²) < 4.78 is 0. The first-order valence-electron chi connectivity index (χ1n) is 7.20. The van der Waals surface area contributed by atoms with Crippen LogP contribution in [0.1, 0.15) is 35.1 Å². The zero-order chi connectivity index (χ0) is 15.2. The lowest BCUT2D eigenvalue weighted by atomic mass is 10.1. The Labute approximate surface area is 125 Å². The van der Waals surface area contributed by atoms with Gasteiger partial charge in [0.05, 0.1) is 6.54 Å². The normalized spacial score (nSPS) is 10.4. The van der Waals surface area contributed by atoms with Gasteiger partial charge in [0.15, 0.2) is 0 Å². The first-order valence-corrected chi connectivity index (χ1v) is 7.20. The van der Waals surface area contributed by atoms with Gasteiger partial charge in [-0.1, -0.05) is 6.92 Å². The molecule has 1 aromatic heterocycles. The maximum atomic E-state index is 12.4. The van der Waals surface area contributed by atoms with E-state index in [0.717, 1.165) is 30.0 Å². The van der Waals surface area contributed by atoms with Crippen molar-refractivity contribution in [2.24, 2.45) is 0 Å². The first-order chi connectivity index (χ1) is 10.1. The number of aromatic nitrogens is 2. The van der Waals surface area contributed by atoms with Crippen molar-refractivity contribution in [3.05, 3.63) is 47.5 Å². The molecule has 1 aromatic carbocycles. The van der Waals surface area contributed by atoms with Crippen LogP contribution in [-0.4, -0.2) is 34.4 Å². The minimum atomic E-state index is -0.00320. The van der Waals surface area contributed by atoms with Crippen LogP contribution in [0.4, 0.5) is 5.69 Å². The van der Waals surface area contributed by atoms with Crippen LogP contribution in [0.25, 0.3) is 0 Å². The molecule has 2 rings (SSSR count). The fraction of sp³-hybridized carbons (Fsp3) is 0.375. The molecule has 2 N–H and O–H groups in total. The number of benzene rings is 1. The van der Waals surface area contributed by atoms with E-state index in [1.165, 1.54) is 0 Å². The third kappa shape index (κ3) is 3.84. The van der Waals surface area contributed by atoms with Gasteiger partial charge in [-0.15, -0.1) is 0 Å². The zero-order valence-corrected chi connectivity index (χ0v) is 12.8. The molecule has 5 heteroatoms. The molecule has 1 amide bonds. The van der Waals surface area contributed by atoms with Gasteiger partial charge in [0.25, 0.3) is 5.91 Å². The van der Waals surface area contributed by atoms with E-state index in [-0.39, 0.29) is 5.91 Å². The van der Waals surface area contributed by atoms with Crippen molar-refractivity contribution in [3.8, 4) is 0 Å². The van der Waals surface area contributed by atoms with E-state index in [2.05, 4.69) is 22.2 Å². The smallest absolute Gasteiger partial charge is 0.254 e. The van der Waals surface area contributed by atoms with E-state index in [1.807, 2.05) is 25.1 Å². The van der Waals surface area contributed by atoms with E-state index in [4.69, 9.17) is 0 Å². The standard InChI is InChI=1S/C16H22N4O/c1-4-7-17-14-6-5-13(10-12(14)2)16(21)20(3)11-15-18-8-9-19-15/h5-6,8-10,17H,4,7,11H2,1-3H3,(H,18,19). The van der Waals surface area contributed by atoms with Gasteiger partial charge in [-0.05, 0) is 37.1 Å². The second-order valence-electron chi connectivity index (χ2n) is 5.15. The number of rotatable bonds is 6. The van der Waals surface area contributed by atoms with Crippen molar-refractivity contribution in [3.63, 3.8) is 0 Å².